The van der Waals surface area contributed by atoms with E-state index in [-0.39, 0.29) is 0 Å². The van der Waals surface area contributed by atoms with Gasteiger partial charge in [-0.1, -0.05) is 17.8 Å². The van der Waals surface area contributed by atoms with Crippen molar-refractivity contribution in [2.45, 2.75) is 22.9 Å². The highest BCUT2D eigenvalue weighted by Crippen LogP contribution is 2.37. The van der Waals surface area contributed by atoms with Gasteiger partial charge in [-0.2, -0.15) is 0 Å². The summed E-state index contributed by atoms with van der Waals surface area (Å²) >= 11 is 1.46. The van der Waals surface area contributed by atoms with Crippen LogP contribution in [0.15, 0.2) is 46.7 Å². The number of aliphatic hydroxyl groups is 1. The zero-order chi connectivity index (χ0) is 13.0. The SMILES string of the molecule is COc1cccc(Sc2cnccn2)c1[C@H](C)O. The lowest BCUT2D eigenvalue weighted by atomic mass is 10.1. The highest BCUT2D eigenvalue weighted by molar-refractivity contribution is 7.99. The molecule has 0 aliphatic heterocycles. The molecule has 0 spiro atoms. The molecule has 18 heavy (non-hydrogen) atoms. The Morgan fingerprint density at radius 3 is 2.78 bits per heavy atom. The summed E-state index contributed by atoms with van der Waals surface area (Å²) in [5.74, 6) is 0.680. The Balaban J connectivity index is 2.38. The third-order valence-corrected chi connectivity index (χ3v) is 3.41. The molecule has 0 fully saturated rings. The average Bonchev–Trinajstić information content (AvgIpc) is 2.39. The van der Waals surface area contributed by atoms with E-state index in [9.17, 15) is 5.11 Å². The monoisotopic (exact) mass is 262 g/mol. The minimum atomic E-state index is -0.597. The molecule has 0 aliphatic carbocycles. The molecule has 1 atom stereocenters. The van der Waals surface area contributed by atoms with E-state index in [0.29, 0.717) is 5.75 Å². The number of ether oxygens (including phenoxy) is 1. The van der Waals surface area contributed by atoms with Crippen LogP contribution in [0.1, 0.15) is 18.6 Å². The number of rotatable bonds is 4. The van der Waals surface area contributed by atoms with Crippen LogP contribution in [0, 0.1) is 0 Å². The fraction of sp³-hybridized carbons (Fsp3) is 0.231. The van der Waals surface area contributed by atoms with E-state index in [4.69, 9.17) is 4.74 Å². The van der Waals surface area contributed by atoms with Crippen LogP contribution in [-0.4, -0.2) is 22.2 Å². The summed E-state index contributed by atoms with van der Waals surface area (Å²) in [4.78, 5) is 9.15. The number of hydrogen-bond acceptors (Lipinski definition) is 5. The van der Waals surface area contributed by atoms with Crippen molar-refractivity contribution in [3.8, 4) is 5.75 Å². The van der Waals surface area contributed by atoms with Crippen LogP contribution < -0.4 is 4.74 Å². The zero-order valence-electron chi connectivity index (χ0n) is 10.2. The highest BCUT2D eigenvalue weighted by atomic mass is 32.2. The maximum Gasteiger partial charge on any atom is 0.125 e. The van der Waals surface area contributed by atoms with Gasteiger partial charge >= 0.3 is 0 Å². The average molecular weight is 262 g/mol. The first-order valence-corrected chi connectivity index (χ1v) is 6.33. The van der Waals surface area contributed by atoms with Crippen LogP contribution in [0.5, 0.6) is 5.75 Å². The van der Waals surface area contributed by atoms with Gasteiger partial charge in [-0.15, -0.1) is 0 Å². The summed E-state index contributed by atoms with van der Waals surface area (Å²) in [6.07, 6.45) is 4.37. The summed E-state index contributed by atoms with van der Waals surface area (Å²) in [6.45, 7) is 1.72. The molecule has 0 aliphatic rings. The van der Waals surface area contributed by atoms with Gasteiger partial charge in [0.15, 0.2) is 0 Å². The predicted molar refractivity (Wildman–Crippen MR) is 69.8 cm³/mol. The molecule has 94 valence electrons. The Labute approximate surface area is 110 Å². The van der Waals surface area contributed by atoms with Crippen LogP contribution in [0.2, 0.25) is 0 Å². The lowest BCUT2D eigenvalue weighted by Crippen LogP contribution is -1.99. The summed E-state index contributed by atoms with van der Waals surface area (Å²) in [5.41, 5.74) is 0.774. The third kappa shape index (κ3) is 2.80. The van der Waals surface area contributed by atoms with E-state index >= 15 is 0 Å². The topological polar surface area (TPSA) is 55.2 Å². The lowest BCUT2D eigenvalue weighted by molar-refractivity contribution is 0.191. The zero-order valence-corrected chi connectivity index (χ0v) is 11.0. The number of benzene rings is 1. The first-order valence-electron chi connectivity index (χ1n) is 5.51. The van der Waals surface area contributed by atoms with Crippen LogP contribution in [0.25, 0.3) is 0 Å². The molecule has 0 saturated carbocycles. The van der Waals surface area contributed by atoms with Crippen molar-refractivity contribution in [2.75, 3.05) is 7.11 Å². The van der Waals surface area contributed by atoms with Gasteiger partial charge in [0.05, 0.1) is 19.4 Å². The first kappa shape index (κ1) is 12.9. The molecule has 0 unspecified atom stereocenters. The minimum absolute atomic E-state index is 0.597. The van der Waals surface area contributed by atoms with E-state index in [1.807, 2.05) is 18.2 Å². The number of nitrogens with zero attached hydrogens (tertiary/aromatic N) is 2. The lowest BCUT2D eigenvalue weighted by Gasteiger charge is -2.15. The quantitative estimate of drug-likeness (QED) is 0.918. The molecule has 0 radical (unpaired) electrons. The minimum Gasteiger partial charge on any atom is -0.496 e. The molecular weight excluding hydrogens is 248 g/mol. The maximum atomic E-state index is 9.87. The first-order chi connectivity index (χ1) is 8.72. The van der Waals surface area contributed by atoms with Crippen molar-refractivity contribution in [2.24, 2.45) is 0 Å². The normalized spacial score (nSPS) is 12.2. The van der Waals surface area contributed by atoms with Crippen molar-refractivity contribution >= 4 is 11.8 Å². The van der Waals surface area contributed by atoms with Gasteiger partial charge in [-0.05, 0) is 19.1 Å². The molecule has 0 saturated heterocycles. The van der Waals surface area contributed by atoms with Gasteiger partial charge in [0.25, 0.3) is 0 Å². The number of aromatic nitrogens is 2. The van der Waals surface area contributed by atoms with Gasteiger partial charge in [-0.25, -0.2) is 4.98 Å². The van der Waals surface area contributed by atoms with Gasteiger partial charge in [0.2, 0.25) is 0 Å². The molecule has 1 aromatic heterocycles. The Morgan fingerprint density at radius 2 is 2.17 bits per heavy atom. The number of hydrogen-bond donors (Lipinski definition) is 1. The van der Waals surface area contributed by atoms with E-state index in [2.05, 4.69) is 9.97 Å². The second-order valence-corrected chi connectivity index (χ2v) is 4.76. The van der Waals surface area contributed by atoms with Gasteiger partial charge in [0, 0.05) is 22.9 Å². The second-order valence-electron chi connectivity index (χ2n) is 3.69. The maximum absolute atomic E-state index is 9.87. The van der Waals surface area contributed by atoms with Gasteiger partial charge < -0.3 is 9.84 Å². The van der Waals surface area contributed by atoms with Crippen molar-refractivity contribution in [3.63, 3.8) is 0 Å². The molecular formula is C13H14N2O2S. The molecule has 4 nitrogen and oxygen atoms in total. The second kappa shape index (κ2) is 5.84. The highest BCUT2D eigenvalue weighted by Gasteiger charge is 2.15. The smallest absolute Gasteiger partial charge is 0.125 e. The summed E-state index contributed by atoms with van der Waals surface area (Å²) < 4.78 is 5.28. The van der Waals surface area contributed by atoms with Crippen molar-refractivity contribution in [3.05, 3.63) is 42.4 Å². The Morgan fingerprint density at radius 1 is 1.33 bits per heavy atom. The summed E-state index contributed by atoms with van der Waals surface area (Å²) in [5, 5.41) is 10.6. The van der Waals surface area contributed by atoms with Gasteiger partial charge in [0.1, 0.15) is 10.8 Å². The molecule has 0 amide bonds. The van der Waals surface area contributed by atoms with Crippen LogP contribution in [-0.2, 0) is 0 Å². The largest absolute Gasteiger partial charge is 0.496 e. The van der Waals surface area contributed by atoms with Crippen LogP contribution in [0.3, 0.4) is 0 Å². The Kier molecular flexibility index (Phi) is 4.17. The molecule has 1 N–H and O–H groups in total. The van der Waals surface area contributed by atoms with Crippen LogP contribution >= 0.6 is 11.8 Å². The molecule has 2 rings (SSSR count). The molecule has 1 aromatic carbocycles. The Hall–Kier alpha value is -1.59. The van der Waals surface area contributed by atoms with Crippen molar-refractivity contribution in [1.29, 1.82) is 0 Å². The fourth-order valence-electron chi connectivity index (χ4n) is 1.65. The van der Waals surface area contributed by atoms with E-state index in [1.54, 1.807) is 32.6 Å². The number of aliphatic hydroxyl groups excluding tert-OH is 1. The number of methoxy groups -OCH3 is 1. The van der Waals surface area contributed by atoms with Crippen molar-refractivity contribution < 1.29 is 9.84 Å². The molecule has 2 aromatic rings. The van der Waals surface area contributed by atoms with E-state index < -0.39 is 6.10 Å². The van der Waals surface area contributed by atoms with E-state index in [0.717, 1.165) is 15.5 Å². The molecule has 0 bridgehead atoms. The summed E-state index contributed by atoms with van der Waals surface area (Å²) in [7, 11) is 1.60. The summed E-state index contributed by atoms with van der Waals surface area (Å²) in [6, 6.07) is 5.66. The van der Waals surface area contributed by atoms with Crippen molar-refractivity contribution in [1.82, 2.24) is 9.97 Å². The fourth-order valence-corrected chi connectivity index (χ4v) is 2.63. The van der Waals surface area contributed by atoms with Crippen LogP contribution in [0.4, 0.5) is 0 Å². The molecule has 5 heteroatoms. The van der Waals surface area contributed by atoms with E-state index in [1.165, 1.54) is 11.8 Å². The van der Waals surface area contributed by atoms with Gasteiger partial charge in [-0.3, -0.25) is 4.98 Å². The molecule has 1 heterocycles. The standard InChI is InChI=1S/C13H14N2O2S/c1-9(16)13-10(17-2)4-3-5-11(13)18-12-8-14-6-7-15-12/h3-9,16H,1-2H3/t9-/m0/s1. The third-order valence-electron chi connectivity index (χ3n) is 2.42. The predicted octanol–water partition coefficient (Wildman–Crippen LogP) is 2.69. The Bertz CT molecular complexity index is 518.